The molecule has 5 heteroatoms. The molecule has 1 aliphatic heterocycles. The maximum atomic E-state index is 13.5. The molecule has 0 unspecified atom stereocenters. The summed E-state index contributed by atoms with van der Waals surface area (Å²) in [5.74, 6) is 0.0930. The molecule has 0 atom stereocenters. The molecule has 0 spiro atoms. The highest BCUT2D eigenvalue weighted by molar-refractivity contribution is 6.30. The minimum Gasteiger partial charge on any atom is -0.338 e. The Labute approximate surface area is 170 Å². The van der Waals surface area contributed by atoms with Crippen LogP contribution in [-0.2, 0) is 6.54 Å². The molecule has 0 bridgehead atoms. The molecule has 0 saturated carbocycles. The van der Waals surface area contributed by atoms with Crippen LogP contribution in [0.15, 0.2) is 60.8 Å². The van der Waals surface area contributed by atoms with Crippen molar-refractivity contribution >= 4 is 17.5 Å². The zero-order valence-electron chi connectivity index (χ0n) is 16.0. The predicted octanol–water partition coefficient (Wildman–Crippen LogP) is 4.21. The quantitative estimate of drug-likeness (QED) is 0.720. The number of piperazine rings is 1. The number of aryl methyl sites for hydroxylation is 1. The Morgan fingerprint density at radius 3 is 2.39 bits per heavy atom. The Balaban J connectivity index is 1.80. The number of rotatable bonds is 4. The van der Waals surface area contributed by atoms with Gasteiger partial charge in [-0.3, -0.25) is 4.79 Å². The monoisotopic (exact) mass is 393 g/mol. The first-order valence-electron chi connectivity index (χ1n) is 9.63. The highest BCUT2D eigenvalue weighted by Gasteiger charge is 2.26. The van der Waals surface area contributed by atoms with Gasteiger partial charge >= 0.3 is 0 Å². The van der Waals surface area contributed by atoms with Crippen molar-refractivity contribution in [1.82, 2.24) is 14.8 Å². The van der Waals surface area contributed by atoms with E-state index < -0.39 is 0 Å². The van der Waals surface area contributed by atoms with E-state index in [9.17, 15) is 4.79 Å². The highest BCUT2D eigenvalue weighted by Crippen LogP contribution is 2.32. The second kappa shape index (κ2) is 8.21. The second-order valence-corrected chi connectivity index (χ2v) is 7.63. The summed E-state index contributed by atoms with van der Waals surface area (Å²) in [6.45, 7) is 5.87. The number of aromatic nitrogens is 1. The number of amides is 1. The largest absolute Gasteiger partial charge is 0.338 e. The first-order valence-corrected chi connectivity index (χ1v) is 10.0. The Hall–Kier alpha value is -2.56. The van der Waals surface area contributed by atoms with Gasteiger partial charge in [-0.1, -0.05) is 54.1 Å². The zero-order valence-corrected chi connectivity index (χ0v) is 16.7. The third kappa shape index (κ3) is 3.84. The summed E-state index contributed by atoms with van der Waals surface area (Å²) in [7, 11) is 0. The smallest absolute Gasteiger partial charge is 0.271 e. The minimum atomic E-state index is 0.0930. The first-order chi connectivity index (χ1) is 13.6. The fraction of sp³-hybridized carbons (Fsp3) is 0.261. The fourth-order valence-corrected chi connectivity index (χ4v) is 3.95. The van der Waals surface area contributed by atoms with Gasteiger partial charge in [0.1, 0.15) is 5.69 Å². The van der Waals surface area contributed by atoms with E-state index in [0.29, 0.717) is 11.6 Å². The summed E-state index contributed by atoms with van der Waals surface area (Å²) < 4.78 is 2.10. The number of hydrogen-bond acceptors (Lipinski definition) is 2. The first kappa shape index (κ1) is 18.8. The van der Waals surface area contributed by atoms with Gasteiger partial charge < -0.3 is 14.8 Å². The fourth-order valence-electron chi connectivity index (χ4n) is 3.83. The number of hydrogen-bond donors (Lipinski definition) is 1. The van der Waals surface area contributed by atoms with Gasteiger partial charge in [0.25, 0.3) is 5.91 Å². The minimum absolute atomic E-state index is 0.0930. The average molecular weight is 394 g/mol. The molecule has 1 aliphatic rings. The molecule has 3 aromatic rings. The average Bonchev–Trinajstić information content (AvgIpc) is 3.05. The maximum Gasteiger partial charge on any atom is 0.271 e. The van der Waals surface area contributed by atoms with E-state index in [1.165, 1.54) is 5.56 Å². The van der Waals surface area contributed by atoms with Crippen LogP contribution in [0.4, 0.5) is 0 Å². The Morgan fingerprint density at radius 2 is 1.71 bits per heavy atom. The molecule has 0 aliphatic carbocycles. The lowest BCUT2D eigenvalue weighted by Crippen LogP contribution is -2.47. The Morgan fingerprint density at radius 1 is 1.04 bits per heavy atom. The van der Waals surface area contributed by atoms with Crippen molar-refractivity contribution in [1.29, 1.82) is 0 Å². The van der Waals surface area contributed by atoms with Crippen molar-refractivity contribution in [3.05, 3.63) is 82.6 Å². The highest BCUT2D eigenvalue weighted by atomic mass is 35.5. The molecule has 1 fully saturated rings. The molecule has 2 aromatic carbocycles. The molecule has 1 amide bonds. The van der Waals surface area contributed by atoms with Gasteiger partial charge in [-0.2, -0.15) is 0 Å². The lowest BCUT2D eigenvalue weighted by atomic mass is 10.0. The molecule has 1 aromatic heterocycles. The number of carbonyl (C=O) groups excluding carboxylic acids is 1. The van der Waals surface area contributed by atoms with Crippen LogP contribution in [0.3, 0.4) is 0 Å². The molecule has 4 rings (SSSR count). The summed E-state index contributed by atoms with van der Waals surface area (Å²) in [5.41, 5.74) is 5.04. The zero-order chi connectivity index (χ0) is 19.5. The van der Waals surface area contributed by atoms with Crippen LogP contribution in [0, 0.1) is 6.92 Å². The van der Waals surface area contributed by atoms with Gasteiger partial charge in [0.05, 0.1) is 0 Å². The van der Waals surface area contributed by atoms with Gasteiger partial charge in [0, 0.05) is 49.5 Å². The van der Waals surface area contributed by atoms with Gasteiger partial charge in [-0.05, 0) is 35.7 Å². The van der Waals surface area contributed by atoms with E-state index in [1.54, 1.807) is 0 Å². The topological polar surface area (TPSA) is 37.3 Å². The summed E-state index contributed by atoms with van der Waals surface area (Å²) in [6, 6.07) is 18.0. The number of nitrogens with zero attached hydrogens (tertiary/aromatic N) is 2. The SMILES string of the molecule is Cc1cn(Cc2ccccc2)c(C(=O)N2CCNCC2)c1-c1ccc(Cl)cc1. The number of carbonyl (C=O) groups is 1. The van der Waals surface area contributed by atoms with Crippen molar-refractivity contribution < 1.29 is 4.79 Å². The molecular weight excluding hydrogens is 370 g/mol. The van der Waals surface area contributed by atoms with E-state index in [1.807, 2.05) is 47.4 Å². The third-order valence-corrected chi connectivity index (χ3v) is 5.46. The van der Waals surface area contributed by atoms with Crippen LogP contribution >= 0.6 is 11.6 Å². The van der Waals surface area contributed by atoms with Crippen LogP contribution in [0.2, 0.25) is 5.02 Å². The van der Waals surface area contributed by atoms with Crippen molar-refractivity contribution in [3.8, 4) is 11.1 Å². The third-order valence-electron chi connectivity index (χ3n) is 5.20. The van der Waals surface area contributed by atoms with Gasteiger partial charge in [-0.25, -0.2) is 0 Å². The van der Waals surface area contributed by atoms with Crippen LogP contribution in [-0.4, -0.2) is 41.6 Å². The standard InChI is InChI=1S/C23H24ClN3O/c1-17-15-27(16-18-5-3-2-4-6-18)22(23(28)26-13-11-25-12-14-26)21(17)19-7-9-20(24)10-8-19/h2-10,15,25H,11-14,16H2,1H3. The number of nitrogens with one attached hydrogen (secondary N) is 1. The van der Waals surface area contributed by atoms with Gasteiger partial charge in [-0.15, -0.1) is 0 Å². The molecule has 144 valence electrons. The summed E-state index contributed by atoms with van der Waals surface area (Å²) >= 11 is 6.09. The number of halogens is 1. The van der Waals surface area contributed by atoms with E-state index in [-0.39, 0.29) is 5.91 Å². The van der Waals surface area contributed by atoms with Crippen molar-refractivity contribution in [2.75, 3.05) is 26.2 Å². The molecule has 1 saturated heterocycles. The van der Waals surface area contributed by atoms with Crippen LogP contribution in [0.25, 0.3) is 11.1 Å². The summed E-state index contributed by atoms with van der Waals surface area (Å²) in [5, 5.41) is 4.01. The van der Waals surface area contributed by atoms with Crippen molar-refractivity contribution in [2.45, 2.75) is 13.5 Å². The second-order valence-electron chi connectivity index (χ2n) is 7.20. The Bertz CT molecular complexity index is 958. The normalized spacial score (nSPS) is 14.3. The van der Waals surface area contributed by atoms with Crippen LogP contribution < -0.4 is 5.32 Å². The van der Waals surface area contributed by atoms with Crippen molar-refractivity contribution in [2.24, 2.45) is 0 Å². The Kier molecular flexibility index (Phi) is 5.51. The summed E-state index contributed by atoms with van der Waals surface area (Å²) in [6.07, 6.45) is 2.09. The number of benzene rings is 2. The van der Waals surface area contributed by atoms with Gasteiger partial charge in [0.15, 0.2) is 0 Å². The summed E-state index contributed by atoms with van der Waals surface area (Å²) in [4.78, 5) is 15.5. The molecule has 4 nitrogen and oxygen atoms in total. The lowest BCUT2D eigenvalue weighted by molar-refractivity contribution is 0.0726. The lowest BCUT2D eigenvalue weighted by Gasteiger charge is -2.28. The molecular formula is C23H24ClN3O. The molecule has 28 heavy (non-hydrogen) atoms. The van der Waals surface area contributed by atoms with E-state index in [4.69, 9.17) is 11.6 Å². The van der Waals surface area contributed by atoms with Gasteiger partial charge in [0.2, 0.25) is 0 Å². The van der Waals surface area contributed by atoms with Crippen molar-refractivity contribution in [3.63, 3.8) is 0 Å². The van der Waals surface area contributed by atoms with E-state index in [0.717, 1.165) is 48.6 Å². The van der Waals surface area contributed by atoms with Crippen LogP contribution in [0.1, 0.15) is 21.6 Å². The molecule has 1 N–H and O–H groups in total. The molecule has 0 radical (unpaired) electrons. The molecule has 2 heterocycles. The van der Waals surface area contributed by atoms with E-state index >= 15 is 0 Å². The maximum absolute atomic E-state index is 13.5. The van der Waals surface area contributed by atoms with E-state index in [2.05, 4.69) is 35.1 Å². The van der Waals surface area contributed by atoms with Crippen LogP contribution in [0.5, 0.6) is 0 Å². The predicted molar refractivity (Wildman–Crippen MR) is 114 cm³/mol.